The average molecular weight is 247 g/mol. The van der Waals surface area contributed by atoms with Crippen LogP contribution in [-0.4, -0.2) is 48.9 Å². The van der Waals surface area contributed by atoms with Gasteiger partial charge in [0.25, 0.3) is 10.2 Å². The Hall–Kier alpha value is -0.750. The summed E-state index contributed by atoms with van der Waals surface area (Å²) in [5, 5.41) is 0. The van der Waals surface area contributed by atoms with Crippen molar-refractivity contribution in [1.29, 1.82) is 0 Å². The van der Waals surface area contributed by atoms with E-state index >= 15 is 0 Å². The number of isocyanates is 1. The molecule has 0 radical (unpaired) electrons. The van der Waals surface area contributed by atoms with Gasteiger partial charge >= 0.3 is 0 Å². The Balaban J connectivity index is 2.94. The fourth-order valence-electron chi connectivity index (χ4n) is 1.88. The van der Waals surface area contributed by atoms with Crippen LogP contribution in [0, 0.1) is 0 Å². The molecule has 0 aliphatic carbocycles. The summed E-state index contributed by atoms with van der Waals surface area (Å²) < 4.78 is 26.9. The van der Waals surface area contributed by atoms with Crippen molar-refractivity contribution < 1.29 is 13.2 Å². The number of aliphatic imine (C=N–C) groups is 1. The minimum atomic E-state index is -3.48. The molecule has 6 nitrogen and oxygen atoms in total. The Labute approximate surface area is 96.1 Å². The first-order valence-electron chi connectivity index (χ1n) is 5.41. The van der Waals surface area contributed by atoms with Crippen LogP contribution in [0.4, 0.5) is 0 Å². The van der Waals surface area contributed by atoms with E-state index in [-0.39, 0.29) is 0 Å². The third-order valence-electron chi connectivity index (χ3n) is 2.70. The summed E-state index contributed by atoms with van der Waals surface area (Å²) in [5.41, 5.74) is 0. The van der Waals surface area contributed by atoms with E-state index < -0.39 is 16.4 Å². The molecule has 1 rings (SSSR count). The summed E-state index contributed by atoms with van der Waals surface area (Å²) in [6.45, 7) is 4.85. The van der Waals surface area contributed by atoms with Crippen LogP contribution >= 0.6 is 0 Å². The molecule has 1 saturated heterocycles. The largest absolute Gasteiger partial charge is 0.283 e. The van der Waals surface area contributed by atoms with E-state index in [1.54, 1.807) is 13.8 Å². The molecule has 1 heterocycles. The third kappa shape index (κ3) is 2.49. The molecule has 0 bridgehead atoms. The Bertz CT molecular complexity index is 371. The minimum absolute atomic E-state index is 0.423. The fourth-order valence-corrected chi connectivity index (χ4v) is 3.65. The molecule has 1 unspecified atom stereocenters. The van der Waals surface area contributed by atoms with Gasteiger partial charge in [0.2, 0.25) is 6.08 Å². The first kappa shape index (κ1) is 13.3. The zero-order valence-electron chi connectivity index (χ0n) is 9.59. The smallest absolute Gasteiger partial charge is 0.211 e. The molecule has 1 aliphatic rings. The van der Waals surface area contributed by atoms with Gasteiger partial charge < -0.3 is 0 Å². The highest BCUT2D eigenvalue weighted by Crippen LogP contribution is 2.23. The number of rotatable bonds is 5. The van der Waals surface area contributed by atoms with Crippen molar-refractivity contribution in [1.82, 2.24) is 8.61 Å². The summed E-state index contributed by atoms with van der Waals surface area (Å²) in [6.07, 6.45) is 2.20. The zero-order valence-corrected chi connectivity index (χ0v) is 10.4. The molecular weight excluding hydrogens is 230 g/mol. The normalized spacial score (nSPS) is 22.3. The maximum Gasteiger partial charge on any atom is 0.283 e. The Morgan fingerprint density at radius 3 is 2.56 bits per heavy atom. The number of hydrogen-bond donors (Lipinski definition) is 0. The van der Waals surface area contributed by atoms with E-state index in [1.165, 1.54) is 14.7 Å². The van der Waals surface area contributed by atoms with Gasteiger partial charge in [0.15, 0.2) is 0 Å². The lowest BCUT2D eigenvalue weighted by atomic mass is 10.3. The van der Waals surface area contributed by atoms with Crippen LogP contribution < -0.4 is 0 Å². The van der Waals surface area contributed by atoms with Gasteiger partial charge in [0, 0.05) is 19.6 Å². The fraction of sp³-hybridized carbons (Fsp3) is 0.889. The maximum absolute atomic E-state index is 12.1. The van der Waals surface area contributed by atoms with Gasteiger partial charge in [-0.1, -0.05) is 13.8 Å². The van der Waals surface area contributed by atoms with Gasteiger partial charge in [-0.3, -0.25) is 0 Å². The van der Waals surface area contributed by atoms with Gasteiger partial charge in [0.1, 0.15) is 6.17 Å². The van der Waals surface area contributed by atoms with Crippen LogP contribution in [0.5, 0.6) is 0 Å². The molecule has 1 aliphatic heterocycles. The summed E-state index contributed by atoms with van der Waals surface area (Å²) in [5.74, 6) is 0. The topological polar surface area (TPSA) is 70.1 Å². The summed E-state index contributed by atoms with van der Waals surface area (Å²) in [7, 11) is -3.48. The van der Waals surface area contributed by atoms with Crippen LogP contribution in [0.2, 0.25) is 0 Å². The SMILES string of the molecule is CCN(CC)S(=O)(=O)N1CCCC1N=C=O. The van der Waals surface area contributed by atoms with Crippen molar-refractivity contribution in [2.75, 3.05) is 19.6 Å². The quantitative estimate of drug-likeness (QED) is 0.519. The van der Waals surface area contributed by atoms with Gasteiger partial charge in [0.05, 0.1) is 0 Å². The second-order valence-electron chi connectivity index (χ2n) is 3.55. The van der Waals surface area contributed by atoms with E-state index in [4.69, 9.17) is 0 Å². The van der Waals surface area contributed by atoms with Crippen LogP contribution in [0.1, 0.15) is 26.7 Å². The molecule has 7 heteroatoms. The Morgan fingerprint density at radius 1 is 1.44 bits per heavy atom. The molecule has 0 saturated carbocycles. The average Bonchev–Trinajstić information content (AvgIpc) is 2.68. The van der Waals surface area contributed by atoms with Crippen molar-refractivity contribution in [3.05, 3.63) is 0 Å². The van der Waals surface area contributed by atoms with Crippen molar-refractivity contribution in [2.45, 2.75) is 32.9 Å². The van der Waals surface area contributed by atoms with Crippen LogP contribution in [0.25, 0.3) is 0 Å². The molecule has 0 N–H and O–H groups in total. The van der Waals surface area contributed by atoms with Crippen molar-refractivity contribution in [3.63, 3.8) is 0 Å². The first-order valence-corrected chi connectivity index (χ1v) is 6.81. The molecule has 0 aromatic heterocycles. The molecule has 0 spiro atoms. The van der Waals surface area contributed by atoms with Gasteiger partial charge in [-0.05, 0) is 12.8 Å². The predicted octanol–water partition coefficient (Wildman–Crippen LogP) is 0.331. The molecule has 0 aromatic carbocycles. The summed E-state index contributed by atoms with van der Waals surface area (Å²) in [6, 6.07) is 0. The lowest BCUT2D eigenvalue weighted by Crippen LogP contribution is -2.45. The molecule has 0 aromatic rings. The highest BCUT2D eigenvalue weighted by molar-refractivity contribution is 7.86. The van der Waals surface area contributed by atoms with Crippen LogP contribution in [0.3, 0.4) is 0 Å². The Morgan fingerprint density at radius 2 is 2.06 bits per heavy atom. The van der Waals surface area contributed by atoms with E-state index in [0.29, 0.717) is 26.1 Å². The van der Waals surface area contributed by atoms with Crippen molar-refractivity contribution in [2.24, 2.45) is 4.99 Å². The first-order chi connectivity index (χ1) is 7.57. The lowest BCUT2D eigenvalue weighted by Gasteiger charge is -2.27. The summed E-state index contributed by atoms with van der Waals surface area (Å²) in [4.78, 5) is 13.8. The predicted molar refractivity (Wildman–Crippen MR) is 59.7 cm³/mol. The number of nitrogens with zero attached hydrogens (tertiary/aromatic N) is 3. The molecule has 1 atom stereocenters. The monoisotopic (exact) mass is 247 g/mol. The lowest BCUT2D eigenvalue weighted by molar-refractivity contribution is 0.339. The zero-order chi connectivity index (χ0) is 12.2. The van der Waals surface area contributed by atoms with E-state index in [0.717, 1.165) is 6.42 Å². The molecule has 16 heavy (non-hydrogen) atoms. The molecular formula is C9H17N3O3S. The highest BCUT2D eigenvalue weighted by atomic mass is 32.2. The molecule has 1 fully saturated rings. The number of hydrogen-bond acceptors (Lipinski definition) is 4. The Kier molecular flexibility index (Phi) is 4.61. The van der Waals surface area contributed by atoms with Crippen LogP contribution in [0.15, 0.2) is 4.99 Å². The molecule has 92 valence electrons. The third-order valence-corrected chi connectivity index (χ3v) is 4.89. The van der Waals surface area contributed by atoms with Crippen molar-refractivity contribution >= 4 is 16.3 Å². The second kappa shape index (κ2) is 5.54. The van der Waals surface area contributed by atoms with Gasteiger partial charge in [-0.2, -0.15) is 22.0 Å². The molecule has 0 amide bonds. The van der Waals surface area contributed by atoms with Crippen molar-refractivity contribution in [3.8, 4) is 0 Å². The van der Waals surface area contributed by atoms with Gasteiger partial charge in [-0.25, -0.2) is 4.79 Å². The van der Waals surface area contributed by atoms with E-state index in [1.807, 2.05) is 0 Å². The minimum Gasteiger partial charge on any atom is -0.211 e. The summed E-state index contributed by atoms with van der Waals surface area (Å²) >= 11 is 0. The van der Waals surface area contributed by atoms with E-state index in [9.17, 15) is 13.2 Å². The van der Waals surface area contributed by atoms with E-state index in [2.05, 4.69) is 4.99 Å². The maximum atomic E-state index is 12.1. The second-order valence-corrected chi connectivity index (χ2v) is 5.43. The highest BCUT2D eigenvalue weighted by Gasteiger charge is 2.37. The number of carbonyl (C=O) groups excluding carboxylic acids is 1. The standard InChI is InChI=1S/C9H17N3O3S/c1-3-11(4-2)16(14,15)12-7-5-6-9(12)10-8-13/h9H,3-7H2,1-2H3. The van der Waals surface area contributed by atoms with Gasteiger partial charge in [-0.15, -0.1) is 0 Å². The van der Waals surface area contributed by atoms with Crippen LogP contribution in [-0.2, 0) is 15.0 Å².